The average molecular weight is 265 g/mol. The van der Waals surface area contributed by atoms with E-state index in [1.165, 1.54) is 6.07 Å². The van der Waals surface area contributed by atoms with Crippen molar-refractivity contribution in [3.8, 4) is 0 Å². The fourth-order valence-electron chi connectivity index (χ4n) is 1.92. The number of nitro benzene ring substituents is 1. The Kier molecular flexibility index (Phi) is 3.13. The molecule has 94 valence electrons. The Morgan fingerprint density at radius 1 is 1.28 bits per heavy atom. The highest BCUT2D eigenvalue weighted by Gasteiger charge is 2.26. The number of rotatable bonds is 3. The van der Waals surface area contributed by atoms with E-state index in [1.807, 2.05) is 32.3 Å². The van der Waals surface area contributed by atoms with E-state index in [0.29, 0.717) is 5.02 Å². The van der Waals surface area contributed by atoms with E-state index in [9.17, 15) is 10.1 Å². The van der Waals surface area contributed by atoms with E-state index in [1.54, 1.807) is 12.1 Å². The molecule has 18 heavy (non-hydrogen) atoms. The molecule has 1 heterocycles. The molecule has 0 unspecified atom stereocenters. The highest BCUT2D eigenvalue weighted by molar-refractivity contribution is 6.30. The third-order valence-electron chi connectivity index (χ3n) is 3.13. The lowest BCUT2D eigenvalue weighted by molar-refractivity contribution is -0.384. The fourth-order valence-corrected chi connectivity index (χ4v) is 2.15. The number of H-pyrrole nitrogens is 1. The van der Waals surface area contributed by atoms with E-state index >= 15 is 0 Å². The van der Waals surface area contributed by atoms with Crippen molar-refractivity contribution < 1.29 is 4.92 Å². The average Bonchev–Trinajstić information content (AvgIpc) is 2.82. The molecule has 2 rings (SSSR count). The van der Waals surface area contributed by atoms with Crippen LogP contribution in [0.4, 0.5) is 5.69 Å². The number of aromatic nitrogens is 1. The van der Waals surface area contributed by atoms with Gasteiger partial charge in [0.1, 0.15) is 0 Å². The van der Waals surface area contributed by atoms with Crippen LogP contribution in [-0.2, 0) is 5.41 Å². The van der Waals surface area contributed by atoms with Gasteiger partial charge in [0.05, 0.1) is 4.92 Å². The van der Waals surface area contributed by atoms with Crippen LogP contribution in [0.1, 0.15) is 25.0 Å². The van der Waals surface area contributed by atoms with E-state index in [-0.39, 0.29) is 11.1 Å². The minimum Gasteiger partial charge on any atom is -0.367 e. The van der Waals surface area contributed by atoms with Gasteiger partial charge in [-0.15, -0.1) is 0 Å². The molecule has 5 heteroatoms. The molecule has 0 radical (unpaired) electrons. The lowest BCUT2D eigenvalue weighted by atomic mass is 9.79. The number of nitrogens with one attached hydrogen (secondary N) is 1. The minimum absolute atomic E-state index is 0.0149. The number of aromatic amines is 1. The summed E-state index contributed by atoms with van der Waals surface area (Å²) in [6.07, 6.45) is 3.71. The van der Waals surface area contributed by atoms with Gasteiger partial charge in [-0.2, -0.15) is 0 Å². The van der Waals surface area contributed by atoms with E-state index in [0.717, 1.165) is 11.1 Å². The topological polar surface area (TPSA) is 58.9 Å². The molecule has 2 aromatic rings. The number of benzene rings is 1. The second kappa shape index (κ2) is 4.46. The van der Waals surface area contributed by atoms with Crippen LogP contribution >= 0.6 is 11.6 Å². The molecule has 0 bridgehead atoms. The lowest BCUT2D eigenvalue weighted by Gasteiger charge is -2.24. The number of halogens is 1. The van der Waals surface area contributed by atoms with Gasteiger partial charge in [0.25, 0.3) is 5.69 Å². The number of hydrogen-bond acceptors (Lipinski definition) is 2. The van der Waals surface area contributed by atoms with E-state index in [4.69, 9.17) is 11.6 Å². The Morgan fingerprint density at radius 3 is 2.56 bits per heavy atom. The number of hydrogen-bond donors (Lipinski definition) is 1. The van der Waals surface area contributed by atoms with Crippen molar-refractivity contribution in [3.05, 3.63) is 62.9 Å². The summed E-state index contributed by atoms with van der Waals surface area (Å²) in [6.45, 7) is 4.01. The third-order valence-corrected chi connectivity index (χ3v) is 3.35. The van der Waals surface area contributed by atoms with Gasteiger partial charge in [-0.05, 0) is 23.3 Å². The lowest BCUT2D eigenvalue weighted by Crippen LogP contribution is -2.18. The number of nitro groups is 1. The maximum Gasteiger partial charge on any atom is 0.271 e. The molecular formula is C13H13ClN2O2. The number of non-ortho nitro benzene ring substituents is 1. The van der Waals surface area contributed by atoms with Crippen LogP contribution in [0.5, 0.6) is 0 Å². The Bertz CT molecular complexity index is 577. The van der Waals surface area contributed by atoms with E-state index in [2.05, 4.69) is 4.98 Å². The van der Waals surface area contributed by atoms with E-state index < -0.39 is 4.92 Å². The summed E-state index contributed by atoms with van der Waals surface area (Å²) in [6, 6.07) is 6.64. The molecule has 0 aliphatic heterocycles. The van der Waals surface area contributed by atoms with Gasteiger partial charge in [0.2, 0.25) is 0 Å². The van der Waals surface area contributed by atoms with Crippen LogP contribution in [0, 0.1) is 10.1 Å². The maximum atomic E-state index is 10.9. The standard InChI is InChI=1S/C13H13ClN2O2/c1-13(2,9-3-4-15-8-9)10-5-11(14)7-12(6-10)16(17)18/h3-8,15H,1-2H3. The Labute approximate surface area is 110 Å². The summed E-state index contributed by atoms with van der Waals surface area (Å²) < 4.78 is 0. The van der Waals surface area contributed by atoms with Crippen molar-refractivity contribution in [1.82, 2.24) is 4.98 Å². The Morgan fingerprint density at radius 2 is 2.00 bits per heavy atom. The first-order chi connectivity index (χ1) is 8.41. The summed E-state index contributed by atoms with van der Waals surface area (Å²) in [7, 11) is 0. The summed E-state index contributed by atoms with van der Waals surface area (Å²) >= 11 is 5.95. The predicted molar refractivity (Wildman–Crippen MR) is 71.0 cm³/mol. The van der Waals surface area contributed by atoms with Gasteiger partial charge in [0.15, 0.2) is 0 Å². The van der Waals surface area contributed by atoms with Gasteiger partial charge in [0, 0.05) is 35.0 Å². The normalized spacial score (nSPS) is 11.5. The van der Waals surface area contributed by atoms with Crippen LogP contribution in [0.3, 0.4) is 0 Å². The molecule has 0 atom stereocenters. The zero-order valence-electron chi connectivity index (χ0n) is 10.1. The predicted octanol–water partition coefficient (Wildman–Crippen LogP) is 3.90. The van der Waals surface area contributed by atoms with Crippen LogP contribution in [0.2, 0.25) is 5.02 Å². The molecule has 0 aliphatic carbocycles. The smallest absolute Gasteiger partial charge is 0.271 e. The first-order valence-electron chi connectivity index (χ1n) is 5.50. The largest absolute Gasteiger partial charge is 0.367 e. The van der Waals surface area contributed by atoms with Crippen LogP contribution in [0.25, 0.3) is 0 Å². The minimum atomic E-state index is -0.428. The fraction of sp³-hybridized carbons (Fsp3) is 0.231. The van der Waals surface area contributed by atoms with Crippen LogP contribution < -0.4 is 0 Å². The molecule has 0 saturated carbocycles. The molecule has 1 aromatic heterocycles. The molecule has 4 nitrogen and oxygen atoms in total. The Hall–Kier alpha value is -1.81. The molecular weight excluding hydrogens is 252 g/mol. The molecule has 0 saturated heterocycles. The molecule has 1 N–H and O–H groups in total. The second-order valence-corrected chi connectivity index (χ2v) is 5.12. The second-order valence-electron chi connectivity index (χ2n) is 4.68. The quantitative estimate of drug-likeness (QED) is 0.675. The van der Waals surface area contributed by atoms with Gasteiger partial charge >= 0.3 is 0 Å². The zero-order valence-corrected chi connectivity index (χ0v) is 10.9. The van der Waals surface area contributed by atoms with Crippen LogP contribution in [0.15, 0.2) is 36.7 Å². The first-order valence-corrected chi connectivity index (χ1v) is 5.88. The Balaban J connectivity index is 2.54. The zero-order chi connectivity index (χ0) is 13.3. The maximum absolute atomic E-state index is 10.9. The highest BCUT2D eigenvalue weighted by Crippen LogP contribution is 2.34. The number of nitrogens with zero attached hydrogens (tertiary/aromatic N) is 1. The summed E-state index contributed by atoms with van der Waals surface area (Å²) in [5, 5.41) is 11.2. The summed E-state index contributed by atoms with van der Waals surface area (Å²) in [5.74, 6) is 0. The van der Waals surface area contributed by atoms with Gasteiger partial charge in [-0.1, -0.05) is 25.4 Å². The summed E-state index contributed by atoms with van der Waals surface area (Å²) in [5.41, 5.74) is 1.55. The van der Waals surface area contributed by atoms with Crippen molar-refractivity contribution in [2.75, 3.05) is 0 Å². The van der Waals surface area contributed by atoms with Crippen molar-refractivity contribution in [2.45, 2.75) is 19.3 Å². The van der Waals surface area contributed by atoms with Gasteiger partial charge < -0.3 is 4.98 Å². The van der Waals surface area contributed by atoms with Crippen molar-refractivity contribution in [3.63, 3.8) is 0 Å². The van der Waals surface area contributed by atoms with Crippen molar-refractivity contribution in [1.29, 1.82) is 0 Å². The first kappa shape index (κ1) is 12.6. The summed E-state index contributed by atoms with van der Waals surface area (Å²) in [4.78, 5) is 13.4. The van der Waals surface area contributed by atoms with Gasteiger partial charge in [-0.3, -0.25) is 10.1 Å². The SMILES string of the molecule is CC(C)(c1cc[nH]c1)c1cc(Cl)cc([N+](=O)[O-])c1. The molecule has 0 aliphatic rings. The molecule has 1 aromatic carbocycles. The van der Waals surface area contributed by atoms with Crippen LogP contribution in [-0.4, -0.2) is 9.91 Å². The van der Waals surface area contributed by atoms with Crippen molar-refractivity contribution in [2.24, 2.45) is 0 Å². The van der Waals surface area contributed by atoms with Crippen molar-refractivity contribution >= 4 is 17.3 Å². The molecule has 0 fully saturated rings. The third kappa shape index (κ3) is 2.24. The highest BCUT2D eigenvalue weighted by atomic mass is 35.5. The van der Waals surface area contributed by atoms with Gasteiger partial charge in [-0.25, -0.2) is 0 Å². The monoisotopic (exact) mass is 264 g/mol. The molecule has 0 spiro atoms. The molecule has 0 amide bonds.